The van der Waals surface area contributed by atoms with Crippen molar-refractivity contribution in [3.63, 3.8) is 0 Å². The Kier molecular flexibility index (Phi) is 5.32. The van der Waals surface area contributed by atoms with E-state index in [-0.39, 0.29) is 11.8 Å². The highest BCUT2D eigenvalue weighted by molar-refractivity contribution is 5.83. The molecule has 0 saturated heterocycles. The molecule has 0 aliphatic carbocycles. The van der Waals surface area contributed by atoms with Gasteiger partial charge in [-0.3, -0.25) is 4.79 Å². The molecule has 1 atom stereocenters. The summed E-state index contributed by atoms with van der Waals surface area (Å²) >= 11 is 0. The highest BCUT2D eigenvalue weighted by Crippen LogP contribution is 2.19. The lowest BCUT2D eigenvalue weighted by atomic mass is 9.95. The predicted octanol–water partition coefficient (Wildman–Crippen LogP) is 2.90. The fourth-order valence-electron chi connectivity index (χ4n) is 2.24. The Bertz CT molecular complexity index is 584. The number of pyridine rings is 1. The smallest absolute Gasteiger partial charge is 0.227 e. The first-order valence-electron chi connectivity index (χ1n) is 7.06. The summed E-state index contributed by atoms with van der Waals surface area (Å²) in [4.78, 5) is 16.4. The van der Waals surface area contributed by atoms with Crippen LogP contribution in [0.1, 0.15) is 30.4 Å². The molecule has 0 saturated carbocycles. The highest BCUT2D eigenvalue weighted by Gasteiger charge is 2.17. The second-order valence-corrected chi connectivity index (χ2v) is 4.80. The molecular formula is C17H20N2O2. The highest BCUT2D eigenvalue weighted by atomic mass is 16.5. The summed E-state index contributed by atoms with van der Waals surface area (Å²) in [7, 11) is 1.58. The van der Waals surface area contributed by atoms with Gasteiger partial charge < -0.3 is 10.1 Å². The summed E-state index contributed by atoms with van der Waals surface area (Å²) in [6.07, 6.45) is 2.45. The minimum absolute atomic E-state index is 0.0412. The Morgan fingerprint density at radius 3 is 2.71 bits per heavy atom. The Morgan fingerprint density at radius 1 is 1.29 bits per heavy atom. The average molecular weight is 284 g/mol. The van der Waals surface area contributed by atoms with Crippen LogP contribution >= 0.6 is 0 Å². The van der Waals surface area contributed by atoms with Crippen LogP contribution in [-0.4, -0.2) is 18.0 Å². The first-order valence-corrected chi connectivity index (χ1v) is 7.06. The Labute approximate surface area is 125 Å². The minimum atomic E-state index is -0.116. The zero-order valence-electron chi connectivity index (χ0n) is 12.4. The molecule has 0 bridgehead atoms. The summed E-state index contributed by atoms with van der Waals surface area (Å²) in [5.41, 5.74) is 2.02. The fourth-order valence-corrected chi connectivity index (χ4v) is 2.24. The molecule has 21 heavy (non-hydrogen) atoms. The van der Waals surface area contributed by atoms with Gasteiger partial charge in [-0.1, -0.05) is 37.3 Å². The SMILES string of the molecule is CCC(C(=O)NCc1ccnc(OC)c1)c1ccccc1. The van der Waals surface area contributed by atoms with Gasteiger partial charge in [0.1, 0.15) is 0 Å². The molecule has 0 radical (unpaired) electrons. The van der Waals surface area contributed by atoms with E-state index in [1.165, 1.54) is 0 Å². The van der Waals surface area contributed by atoms with Crippen LogP contribution in [0.5, 0.6) is 5.88 Å². The number of carbonyl (C=O) groups excluding carboxylic acids is 1. The monoisotopic (exact) mass is 284 g/mol. The number of aromatic nitrogens is 1. The van der Waals surface area contributed by atoms with E-state index in [1.54, 1.807) is 13.3 Å². The number of methoxy groups -OCH3 is 1. The summed E-state index contributed by atoms with van der Waals surface area (Å²) in [5, 5.41) is 2.98. The van der Waals surface area contributed by atoms with Gasteiger partial charge in [-0.05, 0) is 23.6 Å². The number of amides is 1. The maximum atomic E-state index is 12.3. The number of ether oxygens (including phenoxy) is 1. The lowest BCUT2D eigenvalue weighted by molar-refractivity contribution is -0.122. The average Bonchev–Trinajstić information content (AvgIpc) is 2.55. The maximum absolute atomic E-state index is 12.3. The van der Waals surface area contributed by atoms with Gasteiger partial charge in [0.2, 0.25) is 11.8 Å². The van der Waals surface area contributed by atoms with Crippen molar-refractivity contribution >= 4 is 5.91 Å². The second kappa shape index (κ2) is 7.43. The van der Waals surface area contributed by atoms with E-state index in [4.69, 9.17) is 4.74 Å². The van der Waals surface area contributed by atoms with Crippen molar-refractivity contribution in [3.05, 3.63) is 59.8 Å². The quantitative estimate of drug-likeness (QED) is 0.887. The molecule has 1 amide bonds. The molecule has 2 aromatic rings. The van der Waals surface area contributed by atoms with Crippen LogP contribution in [0.4, 0.5) is 0 Å². The zero-order valence-corrected chi connectivity index (χ0v) is 12.4. The second-order valence-electron chi connectivity index (χ2n) is 4.80. The Hall–Kier alpha value is -2.36. The number of hydrogen-bond donors (Lipinski definition) is 1. The van der Waals surface area contributed by atoms with Crippen LogP contribution in [-0.2, 0) is 11.3 Å². The molecule has 4 nitrogen and oxygen atoms in total. The summed E-state index contributed by atoms with van der Waals surface area (Å²) in [6, 6.07) is 13.5. The first-order chi connectivity index (χ1) is 10.2. The predicted molar refractivity (Wildman–Crippen MR) is 82.1 cm³/mol. The number of rotatable bonds is 6. The lowest BCUT2D eigenvalue weighted by Crippen LogP contribution is -2.28. The molecular weight excluding hydrogens is 264 g/mol. The van der Waals surface area contributed by atoms with Crippen LogP contribution < -0.4 is 10.1 Å². The Morgan fingerprint density at radius 2 is 2.05 bits per heavy atom. The van der Waals surface area contributed by atoms with E-state index in [1.807, 2.05) is 49.4 Å². The molecule has 0 spiro atoms. The molecule has 0 aliphatic rings. The molecule has 110 valence electrons. The van der Waals surface area contributed by atoms with Gasteiger partial charge in [-0.2, -0.15) is 0 Å². The van der Waals surface area contributed by atoms with Gasteiger partial charge in [0.25, 0.3) is 0 Å². The third-order valence-electron chi connectivity index (χ3n) is 3.40. The summed E-state index contributed by atoms with van der Waals surface area (Å²) in [6.45, 7) is 2.49. The van der Waals surface area contributed by atoms with Gasteiger partial charge in [0.05, 0.1) is 13.0 Å². The van der Waals surface area contributed by atoms with Crippen LogP contribution in [0.15, 0.2) is 48.7 Å². The normalized spacial score (nSPS) is 11.7. The maximum Gasteiger partial charge on any atom is 0.227 e. The fraction of sp³-hybridized carbons (Fsp3) is 0.294. The molecule has 1 unspecified atom stereocenters. The van der Waals surface area contributed by atoms with Crippen molar-refractivity contribution in [2.24, 2.45) is 0 Å². The molecule has 2 rings (SSSR count). The van der Waals surface area contributed by atoms with Gasteiger partial charge >= 0.3 is 0 Å². The Balaban J connectivity index is 2.00. The number of nitrogens with one attached hydrogen (secondary N) is 1. The van der Waals surface area contributed by atoms with E-state index < -0.39 is 0 Å². The van der Waals surface area contributed by atoms with E-state index in [2.05, 4.69) is 10.3 Å². The third kappa shape index (κ3) is 4.05. The molecule has 1 aromatic heterocycles. The van der Waals surface area contributed by atoms with E-state index >= 15 is 0 Å². The number of hydrogen-bond acceptors (Lipinski definition) is 3. The van der Waals surface area contributed by atoms with Crippen LogP contribution in [0.2, 0.25) is 0 Å². The van der Waals surface area contributed by atoms with E-state index in [0.29, 0.717) is 12.4 Å². The zero-order chi connectivity index (χ0) is 15.1. The van der Waals surface area contributed by atoms with Crippen LogP contribution in [0, 0.1) is 0 Å². The third-order valence-corrected chi connectivity index (χ3v) is 3.40. The van der Waals surface area contributed by atoms with Crippen molar-refractivity contribution < 1.29 is 9.53 Å². The van der Waals surface area contributed by atoms with Gasteiger partial charge in [0, 0.05) is 18.8 Å². The van der Waals surface area contributed by atoms with E-state index in [0.717, 1.165) is 17.5 Å². The van der Waals surface area contributed by atoms with Crippen molar-refractivity contribution in [1.82, 2.24) is 10.3 Å². The first kappa shape index (κ1) is 15.0. The topological polar surface area (TPSA) is 51.2 Å². The largest absolute Gasteiger partial charge is 0.481 e. The number of carbonyl (C=O) groups is 1. The van der Waals surface area contributed by atoms with Gasteiger partial charge in [-0.15, -0.1) is 0 Å². The van der Waals surface area contributed by atoms with Crippen LogP contribution in [0.25, 0.3) is 0 Å². The van der Waals surface area contributed by atoms with Crippen LogP contribution in [0.3, 0.4) is 0 Å². The van der Waals surface area contributed by atoms with Crippen molar-refractivity contribution in [1.29, 1.82) is 0 Å². The van der Waals surface area contributed by atoms with E-state index in [9.17, 15) is 4.79 Å². The summed E-state index contributed by atoms with van der Waals surface area (Å²) in [5.74, 6) is 0.478. The van der Waals surface area contributed by atoms with Crippen molar-refractivity contribution in [2.45, 2.75) is 25.8 Å². The number of nitrogens with zero attached hydrogens (tertiary/aromatic N) is 1. The molecule has 4 heteroatoms. The molecule has 1 aromatic carbocycles. The lowest BCUT2D eigenvalue weighted by Gasteiger charge is -2.15. The number of benzene rings is 1. The van der Waals surface area contributed by atoms with Gasteiger partial charge in [0.15, 0.2) is 0 Å². The molecule has 1 heterocycles. The minimum Gasteiger partial charge on any atom is -0.481 e. The molecule has 1 N–H and O–H groups in total. The molecule has 0 aliphatic heterocycles. The van der Waals surface area contributed by atoms with Gasteiger partial charge in [-0.25, -0.2) is 4.98 Å². The van der Waals surface area contributed by atoms with Crippen molar-refractivity contribution in [3.8, 4) is 5.88 Å². The summed E-state index contributed by atoms with van der Waals surface area (Å²) < 4.78 is 5.08. The standard InChI is InChI=1S/C17H20N2O2/c1-3-15(14-7-5-4-6-8-14)17(20)19-12-13-9-10-18-16(11-13)21-2/h4-11,15H,3,12H2,1-2H3,(H,19,20). The van der Waals surface area contributed by atoms with Crippen molar-refractivity contribution in [2.75, 3.05) is 7.11 Å². The molecule has 0 fully saturated rings.